The molecule has 2 aromatic rings. The number of amides is 1. The van der Waals surface area contributed by atoms with Gasteiger partial charge in [-0.2, -0.15) is 0 Å². The summed E-state index contributed by atoms with van der Waals surface area (Å²) in [6.07, 6.45) is 0.491. The number of halogens is 1. The van der Waals surface area contributed by atoms with Crippen LogP contribution in [0.15, 0.2) is 29.6 Å². The molecule has 20 heavy (non-hydrogen) atoms. The summed E-state index contributed by atoms with van der Waals surface area (Å²) in [7, 11) is 0. The zero-order chi connectivity index (χ0) is 14.5. The van der Waals surface area contributed by atoms with E-state index in [0.717, 1.165) is 10.6 Å². The van der Waals surface area contributed by atoms with Gasteiger partial charge in [0, 0.05) is 17.8 Å². The first-order valence-corrected chi connectivity index (χ1v) is 7.07. The van der Waals surface area contributed by atoms with E-state index in [9.17, 15) is 9.18 Å². The summed E-state index contributed by atoms with van der Waals surface area (Å²) in [5.41, 5.74) is 1.14. The Morgan fingerprint density at radius 3 is 3.05 bits per heavy atom. The number of benzene rings is 1. The van der Waals surface area contributed by atoms with Crippen molar-refractivity contribution in [2.24, 2.45) is 0 Å². The number of hydrogen-bond acceptors (Lipinski definition) is 4. The lowest BCUT2D eigenvalue weighted by molar-refractivity contribution is 0.0918. The number of hydrogen-bond donors (Lipinski definition) is 2. The Balaban J connectivity index is 2.04. The molecule has 0 fully saturated rings. The van der Waals surface area contributed by atoms with Crippen LogP contribution in [0.4, 0.5) is 4.39 Å². The van der Waals surface area contributed by atoms with Gasteiger partial charge < -0.3 is 10.4 Å². The standard InChI is InChI=1S/C14H15FN2O2S/c1-9(7-18)16-14(19)12-8-20-13(17-12)6-10-3-2-4-11(15)5-10/h2-5,8-9,18H,6-7H2,1H3,(H,16,19). The van der Waals surface area contributed by atoms with Crippen LogP contribution in [0.5, 0.6) is 0 Å². The lowest BCUT2D eigenvalue weighted by Crippen LogP contribution is -2.35. The van der Waals surface area contributed by atoms with E-state index in [0.29, 0.717) is 12.1 Å². The predicted molar refractivity (Wildman–Crippen MR) is 75.3 cm³/mol. The van der Waals surface area contributed by atoms with Crippen LogP contribution in [0.25, 0.3) is 0 Å². The summed E-state index contributed by atoms with van der Waals surface area (Å²) >= 11 is 1.36. The zero-order valence-electron chi connectivity index (χ0n) is 11.0. The van der Waals surface area contributed by atoms with E-state index in [-0.39, 0.29) is 24.4 Å². The second-order valence-electron chi connectivity index (χ2n) is 4.49. The lowest BCUT2D eigenvalue weighted by atomic mass is 10.1. The number of aliphatic hydroxyl groups is 1. The van der Waals surface area contributed by atoms with Gasteiger partial charge in [0.15, 0.2) is 0 Å². The Morgan fingerprint density at radius 1 is 1.55 bits per heavy atom. The molecule has 2 N–H and O–H groups in total. The van der Waals surface area contributed by atoms with Gasteiger partial charge in [0.05, 0.1) is 11.6 Å². The van der Waals surface area contributed by atoms with Gasteiger partial charge in [-0.05, 0) is 24.6 Å². The van der Waals surface area contributed by atoms with Crippen molar-refractivity contribution in [3.05, 3.63) is 51.7 Å². The van der Waals surface area contributed by atoms with Crippen LogP contribution >= 0.6 is 11.3 Å². The van der Waals surface area contributed by atoms with Crippen molar-refractivity contribution >= 4 is 17.2 Å². The van der Waals surface area contributed by atoms with Crippen LogP contribution in [0, 0.1) is 5.82 Å². The maximum Gasteiger partial charge on any atom is 0.271 e. The highest BCUT2D eigenvalue weighted by molar-refractivity contribution is 7.09. The molecule has 1 aromatic carbocycles. The van der Waals surface area contributed by atoms with Crippen molar-refractivity contribution in [2.75, 3.05) is 6.61 Å². The summed E-state index contributed by atoms with van der Waals surface area (Å²) in [6.45, 7) is 1.59. The summed E-state index contributed by atoms with van der Waals surface area (Å²) in [6, 6.07) is 6.00. The van der Waals surface area contributed by atoms with E-state index in [1.807, 2.05) is 6.07 Å². The van der Waals surface area contributed by atoms with E-state index in [4.69, 9.17) is 5.11 Å². The highest BCUT2D eigenvalue weighted by atomic mass is 32.1. The fraction of sp³-hybridized carbons (Fsp3) is 0.286. The second-order valence-corrected chi connectivity index (χ2v) is 5.43. The third kappa shape index (κ3) is 3.85. The zero-order valence-corrected chi connectivity index (χ0v) is 11.8. The Kier molecular flexibility index (Phi) is 4.81. The molecule has 4 nitrogen and oxygen atoms in total. The van der Waals surface area contributed by atoms with E-state index >= 15 is 0 Å². The molecule has 0 bridgehead atoms. The summed E-state index contributed by atoms with van der Waals surface area (Å²) in [5, 5.41) is 13.9. The van der Waals surface area contributed by atoms with Crippen LogP contribution in [-0.4, -0.2) is 28.6 Å². The van der Waals surface area contributed by atoms with Gasteiger partial charge in [0.25, 0.3) is 5.91 Å². The minimum atomic E-state index is -0.312. The first-order chi connectivity index (χ1) is 9.58. The molecule has 0 spiro atoms. The normalized spacial score (nSPS) is 12.2. The first kappa shape index (κ1) is 14.6. The van der Waals surface area contributed by atoms with Gasteiger partial charge >= 0.3 is 0 Å². The second kappa shape index (κ2) is 6.58. The fourth-order valence-electron chi connectivity index (χ4n) is 1.66. The SMILES string of the molecule is CC(CO)NC(=O)c1csc(Cc2cccc(F)c2)n1. The fourth-order valence-corrected chi connectivity index (χ4v) is 2.47. The molecule has 0 saturated carbocycles. The number of rotatable bonds is 5. The highest BCUT2D eigenvalue weighted by Gasteiger charge is 2.13. The Morgan fingerprint density at radius 2 is 2.35 bits per heavy atom. The topological polar surface area (TPSA) is 62.2 Å². The molecule has 1 atom stereocenters. The monoisotopic (exact) mass is 294 g/mol. The van der Waals surface area contributed by atoms with Crippen LogP contribution in [0.1, 0.15) is 28.0 Å². The van der Waals surface area contributed by atoms with Gasteiger partial charge in [-0.3, -0.25) is 4.79 Å². The number of aliphatic hydroxyl groups excluding tert-OH is 1. The average Bonchev–Trinajstić information content (AvgIpc) is 2.87. The highest BCUT2D eigenvalue weighted by Crippen LogP contribution is 2.15. The van der Waals surface area contributed by atoms with Gasteiger partial charge in [0.2, 0.25) is 0 Å². The molecule has 2 rings (SSSR count). The van der Waals surface area contributed by atoms with E-state index in [1.165, 1.54) is 23.5 Å². The minimum absolute atomic E-state index is 0.119. The number of carbonyl (C=O) groups is 1. The molecule has 0 radical (unpaired) electrons. The van der Waals surface area contributed by atoms with Crippen LogP contribution < -0.4 is 5.32 Å². The van der Waals surface area contributed by atoms with Crippen molar-refractivity contribution in [2.45, 2.75) is 19.4 Å². The van der Waals surface area contributed by atoms with Crippen molar-refractivity contribution in [3.8, 4) is 0 Å². The van der Waals surface area contributed by atoms with E-state index in [2.05, 4.69) is 10.3 Å². The molecule has 1 heterocycles. The summed E-state index contributed by atoms with van der Waals surface area (Å²) < 4.78 is 13.1. The third-order valence-corrected chi connectivity index (χ3v) is 3.53. The molecule has 0 aliphatic carbocycles. The van der Waals surface area contributed by atoms with Gasteiger partial charge in [-0.25, -0.2) is 9.37 Å². The largest absolute Gasteiger partial charge is 0.394 e. The molecule has 1 aromatic heterocycles. The Hall–Kier alpha value is -1.79. The molecule has 1 amide bonds. The van der Waals surface area contributed by atoms with Crippen LogP contribution in [0.3, 0.4) is 0 Å². The first-order valence-electron chi connectivity index (χ1n) is 6.19. The minimum Gasteiger partial charge on any atom is -0.394 e. The number of nitrogens with one attached hydrogen (secondary N) is 1. The maximum absolute atomic E-state index is 13.1. The summed E-state index contributed by atoms with van der Waals surface area (Å²) in [5.74, 6) is -0.595. The smallest absolute Gasteiger partial charge is 0.271 e. The van der Waals surface area contributed by atoms with E-state index in [1.54, 1.807) is 18.4 Å². The Bertz CT molecular complexity index is 600. The van der Waals surface area contributed by atoms with Crippen molar-refractivity contribution in [3.63, 3.8) is 0 Å². The molecule has 6 heteroatoms. The molecular formula is C14H15FN2O2S. The molecule has 106 valence electrons. The van der Waals surface area contributed by atoms with Crippen molar-refractivity contribution in [1.29, 1.82) is 0 Å². The molecule has 0 saturated heterocycles. The van der Waals surface area contributed by atoms with Crippen molar-refractivity contribution < 1.29 is 14.3 Å². The summed E-state index contributed by atoms with van der Waals surface area (Å²) in [4.78, 5) is 16.0. The quantitative estimate of drug-likeness (QED) is 0.886. The Labute approximate surface area is 120 Å². The maximum atomic E-state index is 13.1. The lowest BCUT2D eigenvalue weighted by Gasteiger charge is -2.08. The third-order valence-electron chi connectivity index (χ3n) is 2.68. The van der Waals surface area contributed by atoms with Gasteiger partial charge in [-0.15, -0.1) is 11.3 Å². The molecule has 0 aliphatic rings. The van der Waals surface area contributed by atoms with Crippen molar-refractivity contribution in [1.82, 2.24) is 10.3 Å². The molecule has 1 unspecified atom stereocenters. The van der Waals surface area contributed by atoms with Gasteiger partial charge in [-0.1, -0.05) is 12.1 Å². The molecular weight excluding hydrogens is 279 g/mol. The van der Waals surface area contributed by atoms with Crippen LogP contribution in [-0.2, 0) is 6.42 Å². The number of carbonyl (C=O) groups excluding carboxylic acids is 1. The number of aromatic nitrogens is 1. The predicted octanol–water partition coefficient (Wildman–Crippen LogP) is 1.98. The average molecular weight is 294 g/mol. The number of thiazole rings is 1. The van der Waals surface area contributed by atoms with Gasteiger partial charge in [0.1, 0.15) is 11.5 Å². The van der Waals surface area contributed by atoms with Crippen LogP contribution in [0.2, 0.25) is 0 Å². The molecule has 0 aliphatic heterocycles. The van der Waals surface area contributed by atoms with E-state index < -0.39 is 0 Å². The number of nitrogens with zero attached hydrogens (tertiary/aromatic N) is 1.